The summed E-state index contributed by atoms with van der Waals surface area (Å²) in [5.41, 5.74) is -0.812. The Bertz CT molecular complexity index is 202. The number of rotatable bonds is 7. The Kier molecular flexibility index (Phi) is 6.65. The maximum absolute atomic E-state index is 12.1. The van der Waals surface area contributed by atoms with E-state index in [2.05, 4.69) is 13.8 Å². The molecule has 3 nitrogen and oxygen atoms in total. The van der Waals surface area contributed by atoms with Crippen molar-refractivity contribution in [1.82, 2.24) is 4.90 Å². The minimum absolute atomic E-state index is 0.127. The first kappa shape index (κ1) is 15.4. The molecule has 0 fully saturated rings. The second-order valence-corrected chi connectivity index (χ2v) is 5.28. The van der Waals surface area contributed by atoms with Crippen molar-refractivity contribution < 1.29 is 9.90 Å². The predicted molar refractivity (Wildman–Crippen MR) is 67.2 cm³/mol. The van der Waals surface area contributed by atoms with Crippen molar-refractivity contribution in [3.63, 3.8) is 0 Å². The highest BCUT2D eigenvalue weighted by atomic mass is 16.3. The van der Waals surface area contributed by atoms with Crippen LogP contribution in [-0.4, -0.2) is 35.1 Å². The summed E-state index contributed by atoms with van der Waals surface area (Å²) in [5, 5.41) is 9.68. The molecule has 0 saturated carbocycles. The maximum atomic E-state index is 12.1. The van der Waals surface area contributed by atoms with Gasteiger partial charge in [-0.25, -0.2) is 0 Å². The molecule has 0 aromatic heterocycles. The number of carbonyl (C=O) groups is 1. The van der Waals surface area contributed by atoms with E-state index >= 15 is 0 Å². The number of hydrogen-bond donors (Lipinski definition) is 1. The highest BCUT2D eigenvalue weighted by Gasteiger charge is 2.24. The molecule has 0 aliphatic carbocycles. The lowest BCUT2D eigenvalue weighted by Gasteiger charge is -2.28. The zero-order valence-electron chi connectivity index (χ0n) is 11.4. The Morgan fingerprint density at radius 1 is 1.25 bits per heavy atom. The number of nitrogens with zero attached hydrogens (tertiary/aromatic N) is 1. The molecule has 0 aromatic rings. The molecular weight excluding hydrogens is 202 g/mol. The highest BCUT2D eigenvalue weighted by molar-refractivity contribution is 5.78. The van der Waals surface area contributed by atoms with Crippen LogP contribution in [-0.2, 0) is 4.79 Å². The SMILES string of the molecule is CCCC(CCC)C(=O)N(C)CC(C)(C)O. The number of amides is 1. The summed E-state index contributed by atoms with van der Waals surface area (Å²) < 4.78 is 0. The minimum Gasteiger partial charge on any atom is -0.389 e. The Morgan fingerprint density at radius 2 is 1.69 bits per heavy atom. The molecule has 0 bridgehead atoms. The topological polar surface area (TPSA) is 40.5 Å². The zero-order valence-corrected chi connectivity index (χ0v) is 11.4. The fraction of sp³-hybridized carbons (Fsp3) is 0.923. The molecule has 0 rings (SSSR count). The molecule has 1 N–H and O–H groups in total. The van der Waals surface area contributed by atoms with Gasteiger partial charge in [0.1, 0.15) is 0 Å². The van der Waals surface area contributed by atoms with Gasteiger partial charge in [0.2, 0.25) is 5.91 Å². The summed E-state index contributed by atoms with van der Waals surface area (Å²) >= 11 is 0. The van der Waals surface area contributed by atoms with Crippen LogP contribution < -0.4 is 0 Å². The monoisotopic (exact) mass is 229 g/mol. The van der Waals surface area contributed by atoms with Gasteiger partial charge < -0.3 is 10.0 Å². The number of likely N-dealkylation sites (N-methyl/N-ethyl adjacent to an activating group) is 1. The van der Waals surface area contributed by atoms with Gasteiger partial charge in [-0.15, -0.1) is 0 Å². The van der Waals surface area contributed by atoms with Crippen molar-refractivity contribution >= 4 is 5.91 Å². The van der Waals surface area contributed by atoms with Crippen LogP contribution in [0.25, 0.3) is 0 Å². The van der Waals surface area contributed by atoms with Gasteiger partial charge in [-0.2, -0.15) is 0 Å². The Labute approximate surface area is 99.8 Å². The van der Waals surface area contributed by atoms with E-state index in [4.69, 9.17) is 0 Å². The van der Waals surface area contributed by atoms with E-state index in [9.17, 15) is 9.90 Å². The lowest BCUT2D eigenvalue weighted by atomic mass is 9.96. The van der Waals surface area contributed by atoms with Gasteiger partial charge in [0, 0.05) is 19.5 Å². The molecule has 96 valence electrons. The average Bonchev–Trinajstić information content (AvgIpc) is 2.13. The van der Waals surface area contributed by atoms with Gasteiger partial charge in [-0.05, 0) is 26.7 Å². The van der Waals surface area contributed by atoms with E-state index in [0.717, 1.165) is 25.7 Å². The Morgan fingerprint density at radius 3 is 2.00 bits per heavy atom. The van der Waals surface area contributed by atoms with Crippen LogP contribution in [0.5, 0.6) is 0 Å². The second kappa shape index (κ2) is 6.89. The fourth-order valence-corrected chi connectivity index (χ4v) is 2.06. The molecule has 0 aromatic carbocycles. The summed E-state index contributed by atoms with van der Waals surface area (Å²) in [5.74, 6) is 0.299. The van der Waals surface area contributed by atoms with Gasteiger partial charge in [-0.3, -0.25) is 4.79 Å². The highest BCUT2D eigenvalue weighted by Crippen LogP contribution is 2.17. The van der Waals surface area contributed by atoms with Crippen LogP contribution in [0.1, 0.15) is 53.4 Å². The van der Waals surface area contributed by atoms with Gasteiger partial charge >= 0.3 is 0 Å². The standard InChI is InChI=1S/C13H27NO2/c1-6-8-11(9-7-2)12(15)14(5)10-13(3,4)16/h11,16H,6-10H2,1-5H3. The Balaban J connectivity index is 4.36. The van der Waals surface area contributed by atoms with E-state index < -0.39 is 5.60 Å². The first-order valence-electron chi connectivity index (χ1n) is 6.29. The predicted octanol–water partition coefficient (Wildman–Crippen LogP) is 2.43. The third kappa shape index (κ3) is 6.11. The summed E-state index contributed by atoms with van der Waals surface area (Å²) in [7, 11) is 1.78. The lowest BCUT2D eigenvalue weighted by molar-refractivity contribution is -0.137. The largest absolute Gasteiger partial charge is 0.389 e. The summed E-state index contributed by atoms with van der Waals surface area (Å²) in [6.07, 6.45) is 3.96. The smallest absolute Gasteiger partial charge is 0.225 e. The van der Waals surface area contributed by atoms with E-state index in [1.807, 2.05) is 0 Å². The number of aliphatic hydroxyl groups is 1. The van der Waals surface area contributed by atoms with Crippen molar-refractivity contribution in [1.29, 1.82) is 0 Å². The van der Waals surface area contributed by atoms with E-state index in [1.54, 1.807) is 25.8 Å². The molecule has 0 unspecified atom stereocenters. The van der Waals surface area contributed by atoms with Gasteiger partial charge in [-0.1, -0.05) is 26.7 Å². The van der Waals surface area contributed by atoms with Crippen molar-refractivity contribution in [2.75, 3.05) is 13.6 Å². The first-order chi connectivity index (χ1) is 7.31. The van der Waals surface area contributed by atoms with Gasteiger partial charge in [0.15, 0.2) is 0 Å². The molecule has 0 aliphatic rings. The van der Waals surface area contributed by atoms with Crippen LogP contribution in [0.2, 0.25) is 0 Å². The molecule has 0 spiro atoms. The van der Waals surface area contributed by atoms with Gasteiger partial charge in [0.25, 0.3) is 0 Å². The maximum Gasteiger partial charge on any atom is 0.225 e. The third-order valence-electron chi connectivity index (χ3n) is 2.62. The van der Waals surface area contributed by atoms with E-state index in [1.165, 1.54) is 0 Å². The van der Waals surface area contributed by atoms with Crippen LogP contribution in [0.3, 0.4) is 0 Å². The van der Waals surface area contributed by atoms with Crippen LogP contribution >= 0.6 is 0 Å². The molecule has 0 heterocycles. The van der Waals surface area contributed by atoms with E-state index in [-0.39, 0.29) is 11.8 Å². The quantitative estimate of drug-likeness (QED) is 0.728. The first-order valence-corrected chi connectivity index (χ1v) is 6.29. The van der Waals surface area contributed by atoms with Crippen LogP contribution in [0, 0.1) is 5.92 Å². The summed E-state index contributed by atoms with van der Waals surface area (Å²) in [6.45, 7) is 8.06. The number of hydrogen-bond acceptors (Lipinski definition) is 2. The molecule has 0 aliphatic heterocycles. The molecule has 0 radical (unpaired) electrons. The van der Waals surface area contributed by atoms with Crippen LogP contribution in [0.4, 0.5) is 0 Å². The molecule has 3 heteroatoms. The summed E-state index contributed by atoms with van der Waals surface area (Å²) in [4.78, 5) is 13.8. The molecule has 0 saturated heterocycles. The second-order valence-electron chi connectivity index (χ2n) is 5.28. The average molecular weight is 229 g/mol. The van der Waals surface area contributed by atoms with Gasteiger partial charge in [0.05, 0.1) is 5.60 Å². The molecule has 16 heavy (non-hydrogen) atoms. The van der Waals surface area contributed by atoms with Crippen molar-refractivity contribution in [2.24, 2.45) is 5.92 Å². The third-order valence-corrected chi connectivity index (χ3v) is 2.62. The van der Waals surface area contributed by atoms with Crippen molar-refractivity contribution in [3.8, 4) is 0 Å². The molecular formula is C13H27NO2. The van der Waals surface area contributed by atoms with Crippen LogP contribution in [0.15, 0.2) is 0 Å². The fourth-order valence-electron chi connectivity index (χ4n) is 2.06. The Hall–Kier alpha value is -0.570. The van der Waals surface area contributed by atoms with Crippen molar-refractivity contribution in [2.45, 2.75) is 59.0 Å². The molecule has 1 amide bonds. The lowest BCUT2D eigenvalue weighted by Crippen LogP contribution is -2.42. The van der Waals surface area contributed by atoms with E-state index in [0.29, 0.717) is 6.54 Å². The summed E-state index contributed by atoms with van der Waals surface area (Å²) in [6, 6.07) is 0. The number of carbonyl (C=O) groups excluding carboxylic acids is 1. The van der Waals surface area contributed by atoms with Crippen molar-refractivity contribution in [3.05, 3.63) is 0 Å². The minimum atomic E-state index is -0.812. The normalized spacial score (nSPS) is 11.9. The molecule has 0 atom stereocenters. The zero-order chi connectivity index (χ0) is 12.8.